The summed E-state index contributed by atoms with van der Waals surface area (Å²) in [6.07, 6.45) is 2.51. The minimum absolute atomic E-state index is 0.111. The molecule has 0 aliphatic carbocycles. The van der Waals surface area contributed by atoms with E-state index in [2.05, 4.69) is 4.90 Å². The minimum atomic E-state index is -1.99. The highest BCUT2D eigenvalue weighted by atomic mass is 32.2. The molecule has 15 heavy (non-hydrogen) atoms. The molecule has 1 aromatic carbocycles. The number of rotatable bonds is 3. The van der Waals surface area contributed by atoms with Crippen LogP contribution in [-0.4, -0.2) is 21.9 Å². The summed E-state index contributed by atoms with van der Waals surface area (Å²) in [7, 11) is 0. The van der Waals surface area contributed by atoms with Gasteiger partial charge in [-0.3, -0.25) is 4.21 Å². The molecule has 0 bridgehead atoms. The van der Waals surface area contributed by atoms with Gasteiger partial charge in [-0.1, -0.05) is 23.2 Å². The molecule has 82 valence electrons. The molecule has 1 heterocycles. The first-order valence-electron chi connectivity index (χ1n) is 5.15. The van der Waals surface area contributed by atoms with E-state index >= 15 is 0 Å². The van der Waals surface area contributed by atoms with Crippen LogP contribution < -0.4 is 4.90 Å². The molecule has 0 radical (unpaired) electrons. The maximum Gasteiger partial charge on any atom is 0.0366 e. The number of anilines is 1. The Kier molecular flexibility index (Phi) is 3.38. The summed E-state index contributed by atoms with van der Waals surface area (Å²) in [5.41, 5.74) is 2.05. The monoisotopic (exact) mass is 224 g/mol. The van der Waals surface area contributed by atoms with Crippen molar-refractivity contribution in [2.24, 2.45) is 0 Å². The zero-order valence-electron chi connectivity index (χ0n) is 8.52. The second-order valence-electron chi connectivity index (χ2n) is 3.81. The molecule has 0 amide bonds. The molecule has 1 aliphatic rings. The molecule has 3 nitrogen and oxygen atoms in total. The van der Waals surface area contributed by atoms with E-state index in [-0.39, 0.29) is 5.75 Å². The van der Waals surface area contributed by atoms with E-state index in [9.17, 15) is 8.76 Å². The Bertz CT molecular complexity index is 344. The third-order valence-corrected chi connectivity index (χ3v) is 3.26. The molecule has 4 heteroatoms. The van der Waals surface area contributed by atoms with Crippen LogP contribution in [0.5, 0.6) is 0 Å². The molecule has 0 aromatic heterocycles. The maximum atomic E-state index is 10.5. The van der Waals surface area contributed by atoms with Crippen LogP contribution in [0.1, 0.15) is 18.4 Å². The van der Waals surface area contributed by atoms with Crippen molar-refractivity contribution in [1.82, 2.24) is 0 Å². The van der Waals surface area contributed by atoms with Crippen LogP contribution in [0.4, 0.5) is 5.69 Å². The minimum Gasteiger partial charge on any atom is -0.772 e. The number of nitrogens with zero attached hydrogens (tertiary/aromatic N) is 1. The second kappa shape index (κ2) is 4.77. The lowest BCUT2D eigenvalue weighted by atomic mass is 10.2. The first-order valence-corrected chi connectivity index (χ1v) is 6.40. The average molecular weight is 224 g/mol. The van der Waals surface area contributed by atoms with Gasteiger partial charge in [-0.2, -0.15) is 0 Å². The molecular formula is C11H14NO2S-. The lowest BCUT2D eigenvalue weighted by Gasteiger charge is -2.17. The largest absolute Gasteiger partial charge is 0.772 e. The molecule has 2 rings (SSSR count). The standard InChI is InChI=1S/C11H15NO2S/c13-15(14)9-10-3-5-11(6-4-10)12-7-1-2-8-12/h3-6H,1-2,7-9H2,(H,13,14)/p-1. The van der Waals surface area contributed by atoms with E-state index in [1.54, 1.807) is 0 Å². The fourth-order valence-electron chi connectivity index (χ4n) is 1.91. The summed E-state index contributed by atoms with van der Waals surface area (Å²) >= 11 is -1.99. The topological polar surface area (TPSA) is 43.4 Å². The maximum absolute atomic E-state index is 10.5. The highest BCUT2D eigenvalue weighted by Crippen LogP contribution is 2.20. The number of benzene rings is 1. The van der Waals surface area contributed by atoms with Gasteiger partial charge in [0.2, 0.25) is 0 Å². The first-order chi connectivity index (χ1) is 7.25. The van der Waals surface area contributed by atoms with E-state index < -0.39 is 11.1 Å². The highest BCUT2D eigenvalue weighted by Gasteiger charge is 2.11. The van der Waals surface area contributed by atoms with Crippen molar-refractivity contribution in [2.45, 2.75) is 18.6 Å². The van der Waals surface area contributed by atoms with Gasteiger partial charge in [-0.25, -0.2) is 0 Å². The van der Waals surface area contributed by atoms with E-state index in [0.29, 0.717) is 0 Å². The van der Waals surface area contributed by atoms with E-state index in [4.69, 9.17) is 0 Å². The van der Waals surface area contributed by atoms with Crippen molar-refractivity contribution in [3.05, 3.63) is 29.8 Å². The third kappa shape index (κ3) is 2.79. The number of hydrogen-bond donors (Lipinski definition) is 0. The van der Waals surface area contributed by atoms with Crippen LogP contribution >= 0.6 is 0 Å². The predicted molar refractivity (Wildman–Crippen MR) is 60.5 cm³/mol. The normalized spacial score (nSPS) is 18.1. The van der Waals surface area contributed by atoms with Crippen LogP contribution in [0.3, 0.4) is 0 Å². The summed E-state index contributed by atoms with van der Waals surface area (Å²) < 4.78 is 21.0. The molecule has 1 fully saturated rings. The van der Waals surface area contributed by atoms with Crippen LogP contribution in [0.2, 0.25) is 0 Å². The Morgan fingerprint density at radius 3 is 2.33 bits per heavy atom. The van der Waals surface area contributed by atoms with Gasteiger partial charge < -0.3 is 9.45 Å². The van der Waals surface area contributed by atoms with Gasteiger partial charge in [0.05, 0.1) is 0 Å². The smallest absolute Gasteiger partial charge is 0.0366 e. The van der Waals surface area contributed by atoms with Crippen LogP contribution in [0.25, 0.3) is 0 Å². The van der Waals surface area contributed by atoms with Crippen LogP contribution in [0, 0.1) is 0 Å². The molecule has 1 aromatic rings. The van der Waals surface area contributed by atoms with Gasteiger partial charge in [0.25, 0.3) is 0 Å². The van der Waals surface area contributed by atoms with Crippen molar-refractivity contribution in [1.29, 1.82) is 0 Å². The summed E-state index contributed by atoms with van der Waals surface area (Å²) in [4.78, 5) is 2.33. The summed E-state index contributed by atoms with van der Waals surface area (Å²) in [5, 5.41) is 0. The molecule has 1 saturated heterocycles. The Morgan fingerprint density at radius 1 is 1.20 bits per heavy atom. The van der Waals surface area contributed by atoms with E-state index in [1.807, 2.05) is 24.3 Å². The molecular weight excluding hydrogens is 210 g/mol. The van der Waals surface area contributed by atoms with E-state index in [1.165, 1.54) is 18.5 Å². The third-order valence-electron chi connectivity index (χ3n) is 2.69. The van der Waals surface area contributed by atoms with Gasteiger partial charge in [0.1, 0.15) is 0 Å². The molecule has 0 saturated carbocycles. The zero-order chi connectivity index (χ0) is 10.7. The van der Waals surface area contributed by atoms with Crippen LogP contribution in [-0.2, 0) is 16.8 Å². The fourth-order valence-corrected chi connectivity index (χ4v) is 2.38. The summed E-state index contributed by atoms with van der Waals surface area (Å²) in [5.74, 6) is 0.111. The van der Waals surface area contributed by atoms with Crippen molar-refractivity contribution in [3.63, 3.8) is 0 Å². The van der Waals surface area contributed by atoms with E-state index in [0.717, 1.165) is 18.7 Å². The first kappa shape index (κ1) is 10.6. The van der Waals surface area contributed by atoms with Gasteiger partial charge in [0.15, 0.2) is 0 Å². The highest BCUT2D eigenvalue weighted by molar-refractivity contribution is 7.78. The quantitative estimate of drug-likeness (QED) is 0.733. The van der Waals surface area contributed by atoms with Crippen molar-refractivity contribution < 1.29 is 8.76 Å². The molecule has 1 unspecified atom stereocenters. The molecule has 1 aliphatic heterocycles. The predicted octanol–water partition coefficient (Wildman–Crippen LogP) is 1.67. The lowest BCUT2D eigenvalue weighted by Crippen LogP contribution is -2.17. The summed E-state index contributed by atoms with van der Waals surface area (Å²) in [6, 6.07) is 7.80. The Hall–Kier alpha value is -0.870. The average Bonchev–Trinajstić information content (AvgIpc) is 2.71. The zero-order valence-corrected chi connectivity index (χ0v) is 9.33. The van der Waals surface area contributed by atoms with Gasteiger partial charge in [-0.15, -0.1) is 0 Å². The van der Waals surface area contributed by atoms with Crippen molar-refractivity contribution in [3.8, 4) is 0 Å². The number of hydrogen-bond acceptors (Lipinski definition) is 3. The second-order valence-corrected chi connectivity index (χ2v) is 4.70. The lowest BCUT2D eigenvalue weighted by molar-refractivity contribution is 0.536. The Morgan fingerprint density at radius 2 is 1.80 bits per heavy atom. The molecule has 0 spiro atoms. The van der Waals surface area contributed by atoms with Crippen LogP contribution in [0.15, 0.2) is 24.3 Å². The van der Waals surface area contributed by atoms with Crippen molar-refractivity contribution in [2.75, 3.05) is 18.0 Å². The van der Waals surface area contributed by atoms with Gasteiger partial charge in [0, 0.05) is 24.5 Å². The van der Waals surface area contributed by atoms with Crippen molar-refractivity contribution >= 4 is 16.8 Å². The molecule has 1 atom stereocenters. The molecule has 0 N–H and O–H groups in total. The fraction of sp³-hybridized carbons (Fsp3) is 0.455. The SMILES string of the molecule is O=S([O-])Cc1ccc(N2CCCC2)cc1. The van der Waals surface area contributed by atoms with Gasteiger partial charge in [-0.05, 0) is 30.5 Å². The Labute approximate surface area is 92.4 Å². The Balaban J connectivity index is 2.06. The van der Waals surface area contributed by atoms with Gasteiger partial charge >= 0.3 is 0 Å². The summed E-state index contributed by atoms with van der Waals surface area (Å²) in [6.45, 7) is 2.24.